The van der Waals surface area contributed by atoms with Gasteiger partial charge in [0.1, 0.15) is 23.4 Å². The molecule has 1 amide bonds. The maximum atomic E-state index is 13.9. The summed E-state index contributed by atoms with van der Waals surface area (Å²) in [5.41, 5.74) is 2.26. The van der Waals surface area contributed by atoms with Gasteiger partial charge in [-0.1, -0.05) is 23.4 Å². The van der Waals surface area contributed by atoms with E-state index >= 15 is 0 Å². The van der Waals surface area contributed by atoms with E-state index in [1.165, 1.54) is 31.4 Å². The number of methoxy groups -OCH3 is 1. The Labute approximate surface area is 194 Å². The number of carbonyl (C=O) groups excluding carboxylic acids is 1. The van der Waals surface area contributed by atoms with E-state index in [-0.39, 0.29) is 17.2 Å². The van der Waals surface area contributed by atoms with Crippen molar-refractivity contribution in [3.05, 3.63) is 89.3 Å². The predicted octanol–water partition coefficient (Wildman–Crippen LogP) is 5.76. The summed E-state index contributed by atoms with van der Waals surface area (Å²) in [6.07, 6.45) is 0. The summed E-state index contributed by atoms with van der Waals surface area (Å²) in [4.78, 5) is 16.9. The molecule has 0 aliphatic rings. The molecule has 1 atom stereocenters. The van der Waals surface area contributed by atoms with Crippen LogP contribution in [0.2, 0.25) is 0 Å². The Balaban J connectivity index is 1.51. The number of hydrogen-bond donors (Lipinski definition) is 2. The highest BCUT2D eigenvalue weighted by Gasteiger charge is 2.17. The van der Waals surface area contributed by atoms with E-state index in [1.54, 1.807) is 37.3 Å². The van der Waals surface area contributed by atoms with Gasteiger partial charge in [-0.05, 0) is 61.9 Å². The molecule has 34 heavy (non-hydrogen) atoms. The van der Waals surface area contributed by atoms with Crippen LogP contribution in [0, 0.1) is 18.6 Å². The fourth-order valence-electron chi connectivity index (χ4n) is 3.29. The van der Waals surface area contributed by atoms with E-state index in [4.69, 9.17) is 9.26 Å². The lowest BCUT2D eigenvalue weighted by molar-refractivity contribution is 0.102. The van der Waals surface area contributed by atoms with Gasteiger partial charge in [0.15, 0.2) is 0 Å². The first kappa shape index (κ1) is 22.9. The van der Waals surface area contributed by atoms with Gasteiger partial charge in [-0.15, -0.1) is 0 Å². The number of rotatable bonds is 7. The highest BCUT2D eigenvalue weighted by molar-refractivity contribution is 6.05. The number of hydrogen-bond acceptors (Lipinski definition) is 6. The van der Waals surface area contributed by atoms with Gasteiger partial charge in [0.2, 0.25) is 11.7 Å². The zero-order valence-corrected chi connectivity index (χ0v) is 18.7. The van der Waals surface area contributed by atoms with E-state index in [0.29, 0.717) is 34.1 Å². The maximum Gasteiger partial charge on any atom is 0.255 e. The zero-order chi connectivity index (χ0) is 24.2. The monoisotopic (exact) mass is 464 g/mol. The molecule has 174 valence electrons. The largest absolute Gasteiger partial charge is 0.495 e. The quantitative estimate of drug-likeness (QED) is 0.362. The molecule has 0 aliphatic heterocycles. The van der Waals surface area contributed by atoms with Crippen LogP contribution in [0.3, 0.4) is 0 Å². The van der Waals surface area contributed by atoms with Crippen LogP contribution in [0.4, 0.5) is 20.2 Å². The molecule has 0 spiro atoms. The van der Waals surface area contributed by atoms with Crippen molar-refractivity contribution in [1.82, 2.24) is 10.1 Å². The molecule has 1 aromatic heterocycles. The third kappa shape index (κ3) is 5.03. The van der Waals surface area contributed by atoms with Crippen molar-refractivity contribution in [2.24, 2.45) is 0 Å². The highest BCUT2D eigenvalue weighted by Crippen LogP contribution is 2.30. The molecule has 1 unspecified atom stereocenters. The van der Waals surface area contributed by atoms with Gasteiger partial charge in [0, 0.05) is 16.8 Å². The average Bonchev–Trinajstić information content (AvgIpc) is 3.32. The molecule has 2 N–H and O–H groups in total. The minimum Gasteiger partial charge on any atom is -0.495 e. The van der Waals surface area contributed by atoms with Crippen LogP contribution in [0.25, 0.3) is 11.4 Å². The summed E-state index contributed by atoms with van der Waals surface area (Å²) in [5, 5.41) is 9.90. The lowest BCUT2D eigenvalue weighted by Crippen LogP contribution is -2.13. The number of aryl methyl sites for hydroxylation is 1. The molecule has 4 rings (SSSR count). The molecule has 9 heteroatoms. The van der Waals surface area contributed by atoms with E-state index < -0.39 is 17.8 Å². The Kier molecular flexibility index (Phi) is 6.53. The van der Waals surface area contributed by atoms with E-state index in [9.17, 15) is 13.6 Å². The Bertz CT molecular complexity index is 1340. The van der Waals surface area contributed by atoms with Gasteiger partial charge < -0.3 is 19.9 Å². The molecule has 1 heterocycles. The number of nitrogens with one attached hydrogen (secondary N) is 2. The van der Waals surface area contributed by atoms with Crippen molar-refractivity contribution in [1.29, 1.82) is 0 Å². The molecule has 3 aromatic carbocycles. The van der Waals surface area contributed by atoms with Crippen LogP contribution in [0.1, 0.15) is 34.8 Å². The molecule has 0 saturated carbocycles. The number of halogens is 2. The van der Waals surface area contributed by atoms with E-state index in [0.717, 1.165) is 6.07 Å². The van der Waals surface area contributed by atoms with Crippen molar-refractivity contribution in [3.63, 3.8) is 0 Å². The zero-order valence-electron chi connectivity index (χ0n) is 18.7. The number of carbonyl (C=O) groups is 1. The Morgan fingerprint density at radius 2 is 1.91 bits per heavy atom. The van der Waals surface area contributed by atoms with Crippen molar-refractivity contribution < 1.29 is 22.8 Å². The van der Waals surface area contributed by atoms with Crippen LogP contribution in [0.15, 0.2) is 65.2 Å². The summed E-state index contributed by atoms with van der Waals surface area (Å²) >= 11 is 0. The Morgan fingerprint density at radius 3 is 2.65 bits per heavy atom. The van der Waals surface area contributed by atoms with Gasteiger partial charge in [-0.3, -0.25) is 4.79 Å². The van der Waals surface area contributed by atoms with Gasteiger partial charge in [0.25, 0.3) is 5.91 Å². The summed E-state index contributed by atoms with van der Waals surface area (Å²) in [6, 6.07) is 14.9. The molecular weight excluding hydrogens is 442 g/mol. The minimum absolute atomic E-state index is 0.180. The Hall–Kier alpha value is -4.27. The normalized spacial score (nSPS) is 11.7. The number of aromatic nitrogens is 2. The fraction of sp³-hybridized carbons (Fsp3) is 0.160. The van der Waals surface area contributed by atoms with Crippen LogP contribution in [-0.4, -0.2) is 23.2 Å². The summed E-state index contributed by atoms with van der Waals surface area (Å²) in [5.74, 6) is -0.311. The van der Waals surface area contributed by atoms with Gasteiger partial charge in [-0.2, -0.15) is 4.98 Å². The number of anilines is 2. The molecule has 4 aromatic rings. The predicted molar refractivity (Wildman–Crippen MR) is 124 cm³/mol. The number of benzene rings is 3. The third-order valence-corrected chi connectivity index (χ3v) is 5.16. The van der Waals surface area contributed by atoms with Crippen LogP contribution >= 0.6 is 0 Å². The molecule has 0 fully saturated rings. The van der Waals surface area contributed by atoms with Crippen molar-refractivity contribution >= 4 is 17.3 Å². The summed E-state index contributed by atoms with van der Waals surface area (Å²) in [7, 11) is 1.48. The van der Waals surface area contributed by atoms with Crippen molar-refractivity contribution in [3.8, 4) is 17.1 Å². The third-order valence-electron chi connectivity index (χ3n) is 5.16. The van der Waals surface area contributed by atoms with Gasteiger partial charge >= 0.3 is 0 Å². The number of nitrogens with zero attached hydrogens (tertiary/aromatic N) is 2. The number of amides is 1. The minimum atomic E-state index is -0.504. The lowest BCUT2D eigenvalue weighted by atomic mass is 10.1. The van der Waals surface area contributed by atoms with E-state index in [1.807, 2.05) is 6.92 Å². The maximum absolute atomic E-state index is 13.9. The number of ether oxygens (including phenoxy) is 1. The first-order valence-electron chi connectivity index (χ1n) is 10.5. The van der Waals surface area contributed by atoms with Gasteiger partial charge in [0.05, 0.1) is 12.8 Å². The molecule has 0 aliphatic carbocycles. The summed E-state index contributed by atoms with van der Waals surface area (Å²) < 4.78 is 38.0. The second kappa shape index (κ2) is 9.70. The molecule has 0 radical (unpaired) electrons. The Morgan fingerprint density at radius 1 is 1.09 bits per heavy atom. The topological polar surface area (TPSA) is 89.3 Å². The smallest absolute Gasteiger partial charge is 0.255 e. The van der Waals surface area contributed by atoms with Crippen molar-refractivity contribution in [2.75, 3.05) is 17.7 Å². The first-order valence-corrected chi connectivity index (χ1v) is 10.5. The molecule has 0 bridgehead atoms. The standard InChI is InChI=1S/C25H22F2N4O3/c1-14-7-8-16(12-20(14)27)23-30-25(34-31-23)15(2)28-19-9-10-22(33-3)21(13-19)29-24(32)17-5-4-6-18(26)11-17/h4-13,15,28H,1-3H3,(H,29,32). The van der Waals surface area contributed by atoms with Crippen LogP contribution in [0.5, 0.6) is 5.75 Å². The van der Waals surface area contributed by atoms with Gasteiger partial charge in [-0.25, -0.2) is 8.78 Å². The van der Waals surface area contributed by atoms with Crippen LogP contribution in [-0.2, 0) is 0 Å². The summed E-state index contributed by atoms with van der Waals surface area (Å²) in [6.45, 7) is 3.50. The lowest BCUT2D eigenvalue weighted by Gasteiger charge is -2.15. The van der Waals surface area contributed by atoms with E-state index in [2.05, 4.69) is 20.8 Å². The first-order chi connectivity index (χ1) is 16.3. The second-order valence-electron chi connectivity index (χ2n) is 7.67. The fourth-order valence-corrected chi connectivity index (χ4v) is 3.29. The molecular formula is C25H22F2N4O3. The molecule has 0 saturated heterocycles. The SMILES string of the molecule is COc1ccc(NC(C)c2nc(-c3ccc(C)c(F)c3)no2)cc1NC(=O)c1cccc(F)c1. The average molecular weight is 464 g/mol. The molecule has 7 nitrogen and oxygen atoms in total. The van der Waals surface area contributed by atoms with Crippen molar-refractivity contribution in [2.45, 2.75) is 19.9 Å². The second-order valence-corrected chi connectivity index (χ2v) is 7.67. The van der Waals surface area contributed by atoms with Crippen LogP contribution < -0.4 is 15.4 Å². The highest BCUT2D eigenvalue weighted by atomic mass is 19.1.